The number of nitrogens with one attached hydrogen (secondary N) is 1. The molecule has 0 saturated heterocycles. The molecule has 0 bridgehead atoms. The SMILES string of the molecule is CCCNC(=O)C(CCN)c1cccc(Cl)c1. The molecule has 1 amide bonds. The van der Waals surface area contributed by atoms with Crippen LogP contribution in [0.15, 0.2) is 24.3 Å². The van der Waals surface area contributed by atoms with E-state index in [0.29, 0.717) is 24.5 Å². The first kappa shape index (κ1) is 14.0. The highest BCUT2D eigenvalue weighted by molar-refractivity contribution is 6.30. The standard InChI is InChI=1S/C13H19ClN2O/c1-2-8-16-13(17)12(6-7-15)10-4-3-5-11(14)9-10/h3-5,9,12H,2,6-8,15H2,1H3,(H,16,17). The Labute approximate surface area is 107 Å². The van der Waals surface area contributed by atoms with Gasteiger partial charge in [0.05, 0.1) is 5.92 Å². The van der Waals surface area contributed by atoms with Crippen molar-refractivity contribution in [3.05, 3.63) is 34.9 Å². The molecular weight excluding hydrogens is 236 g/mol. The molecule has 0 fully saturated rings. The van der Waals surface area contributed by atoms with Crippen molar-refractivity contribution in [1.29, 1.82) is 0 Å². The van der Waals surface area contributed by atoms with Crippen molar-refractivity contribution in [3.63, 3.8) is 0 Å². The fourth-order valence-electron chi connectivity index (χ4n) is 1.71. The summed E-state index contributed by atoms with van der Waals surface area (Å²) in [6.45, 7) is 3.20. The molecule has 94 valence electrons. The van der Waals surface area contributed by atoms with Crippen LogP contribution < -0.4 is 11.1 Å². The van der Waals surface area contributed by atoms with Crippen LogP contribution in [0.4, 0.5) is 0 Å². The van der Waals surface area contributed by atoms with Crippen LogP contribution in [0.1, 0.15) is 31.2 Å². The minimum atomic E-state index is -0.203. The summed E-state index contributed by atoms with van der Waals surface area (Å²) in [5.74, 6) is -0.176. The van der Waals surface area contributed by atoms with Crippen LogP contribution in [-0.4, -0.2) is 19.0 Å². The van der Waals surface area contributed by atoms with Gasteiger partial charge in [-0.25, -0.2) is 0 Å². The first-order chi connectivity index (χ1) is 8.19. The van der Waals surface area contributed by atoms with E-state index in [1.165, 1.54) is 0 Å². The normalized spacial score (nSPS) is 12.2. The Hall–Kier alpha value is -1.06. The minimum absolute atomic E-state index is 0.0274. The lowest BCUT2D eigenvalue weighted by molar-refractivity contribution is -0.122. The summed E-state index contributed by atoms with van der Waals surface area (Å²) in [6, 6.07) is 7.40. The van der Waals surface area contributed by atoms with Gasteiger partial charge in [0.15, 0.2) is 0 Å². The average Bonchev–Trinajstić information content (AvgIpc) is 2.33. The maximum Gasteiger partial charge on any atom is 0.227 e. The van der Waals surface area contributed by atoms with Gasteiger partial charge in [0.2, 0.25) is 5.91 Å². The van der Waals surface area contributed by atoms with Crippen molar-refractivity contribution >= 4 is 17.5 Å². The topological polar surface area (TPSA) is 55.1 Å². The number of rotatable bonds is 6. The third-order valence-corrected chi connectivity index (χ3v) is 2.81. The van der Waals surface area contributed by atoms with Crippen LogP contribution in [0.5, 0.6) is 0 Å². The van der Waals surface area contributed by atoms with Crippen molar-refractivity contribution in [2.24, 2.45) is 5.73 Å². The number of hydrogen-bond donors (Lipinski definition) is 2. The molecule has 0 radical (unpaired) electrons. The third kappa shape index (κ3) is 4.36. The number of nitrogens with two attached hydrogens (primary N) is 1. The number of carbonyl (C=O) groups is 1. The molecule has 0 aliphatic rings. The predicted molar refractivity (Wildman–Crippen MR) is 71.2 cm³/mol. The zero-order chi connectivity index (χ0) is 12.7. The van der Waals surface area contributed by atoms with Gasteiger partial charge in [-0.05, 0) is 37.1 Å². The quantitative estimate of drug-likeness (QED) is 0.819. The summed E-state index contributed by atoms with van der Waals surface area (Å²) < 4.78 is 0. The highest BCUT2D eigenvalue weighted by atomic mass is 35.5. The van der Waals surface area contributed by atoms with E-state index < -0.39 is 0 Å². The fourth-order valence-corrected chi connectivity index (χ4v) is 1.91. The van der Waals surface area contributed by atoms with Gasteiger partial charge < -0.3 is 11.1 Å². The molecule has 0 aliphatic carbocycles. The maximum absolute atomic E-state index is 12.0. The second-order valence-corrected chi connectivity index (χ2v) is 4.41. The average molecular weight is 255 g/mol. The summed E-state index contributed by atoms with van der Waals surface area (Å²) in [4.78, 5) is 12.0. The summed E-state index contributed by atoms with van der Waals surface area (Å²) in [7, 11) is 0. The van der Waals surface area contributed by atoms with E-state index in [2.05, 4.69) is 5.32 Å². The smallest absolute Gasteiger partial charge is 0.227 e. The number of benzene rings is 1. The molecule has 0 aliphatic heterocycles. The molecule has 1 aromatic carbocycles. The Morgan fingerprint density at radius 1 is 1.53 bits per heavy atom. The molecule has 3 N–H and O–H groups in total. The number of hydrogen-bond acceptors (Lipinski definition) is 2. The number of carbonyl (C=O) groups excluding carboxylic acids is 1. The van der Waals surface area contributed by atoms with Gasteiger partial charge in [-0.15, -0.1) is 0 Å². The fraction of sp³-hybridized carbons (Fsp3) is 0.462. The van der Waals surface area contributed by atoms with Gasteiger partial charge in [-0.1, -0.05) is 30.7 Å². The van der Waals surface area contributed by atoms with Crippen LogP contribution in [0.3, 0.4) is 0 Å². The second-order valence-electron chi connectivity index (χ2n) is 3.98. The predicted octanol–water partition coefficient (Wildman–Crippen LogP) is 2.30. The third-order valence-electron chi connectivity index (χ3n) is 2.57. The number of amides is 1. The molecule has 3 nitrogen and oxygen atoms in total. The summed E-state index contributed by atoms with van der Waals surface area (Å²) in [5.41, 5.74) is 6.49. The molecule has 1 unspecified atom stereocenters. The Kier molecular flexibility index (Phi) is 6.01. The zero-order valence-corrected chi connectivity index (χ0v) is 10.8. The van der Waals surface area contributed by atoms with Crippen LogP contribution in [0, 0.1) is 0 Å². The zero-order valence-electron chi connectivity index (χ0n) is 10.1. The largest absolute Gasteiger partial charge is 0.356 e. The van der Waals surface area contributed by atoms with E-state index in [-0.39, 0.29) is 11.8 Å². The van der Waals surface area contributed by atoms with Gasteiger partial charge in [-0.2, -0.15) is 0 Å². The Morgan fingerprint density at radius 2 is 2.29 bits per heavy atom. The van der Waals surface area contributed by atoms with Crippen molar-refractivity contribution in [1.82, 2.24) is 5.32 Å². The van der Waals surface area contributed by atoms with E-state index in [4.69, 9.17) is 17.3 Å². The van der Waals surface area contributed by atoms with Gasteiger partial charge in [-0.3, -0.25) is 4.79 Å². The monoisotopic (exact) mass is 254 g/mol. The van der Waals surface area contributed by atoms with Crippen LogP contribution in [-0.2, 0) is 4.79 Å². The van der Waals surface area contributed by atoms with E-state index in [0.717, 1.165) is 12.0 Å². The molecular formula is C13H19ClN2O. The van der Waals surface area contributed by atoms with Gasteiger partial charge in [0, 0.05) is 11.6 Å². The highest BCUT2D eigenvalue weighted by Gasteiger charge is 2.19. The lowest BCUT2D eigenvalue weighted by Crippen LogP contribution is -2.31. The lowest BCUT2D eigenvalue weighted by Gasteiger charge is -2.16. The summed E-state index contributed by atoms with van der Waals surface area (Å²) in [5, 5.41) is 3.54. The van der Waals surface area contributed by atoms with Crippen molar-refractivity contribution in [3.8, 4) is 0 Å². The van der Waals surface area contributed by atoms with Gasteiger partial charge in [0.1, 0.15) is 0 Å². The summed E-state index contributed by atoms with van der Waals surface area (Å²) in [6.07, 6.45) is 1.56. The van der Waals surface area contributed by atoms with Crippen molar-refractivity contribution < 1.29 is 4.79 Å². The Bertz CT molecular complexity index is 368. The Balaban J connectivity index is 2.81. The van der Waals surface area contributed by atoms with E-state index >= 15 is 0 Å². The van der Waals surface area contributed by atoms with Crippen LogP contribution in [0.25, 0.3) is 0 Å². The summed E-state index contributed by atoms with van der Waals surface area (Å²) >= 11 is 5.94. The molecule has 0 spiro atoms. The van der Waals surface area contributed by atoms with E-state index in [1.807, 2.05) is 25.1 Å². The second kappa shape index (κ2) is 7.30. The van der Waals surface area contributed by atoms with Crippen molar-refractivity contribution in [2.45, 2.75) is 25.7 Å². The molecule has 0 saturated carbocycles. The molecule has 0 heterocycles. The Morgan fingerprint density at radius 3 is 2.88 bits per heavy atom. The molecule has 0 aromatic heterocycles. The molecule has 1 atom stereocenters. The molecule has 1 aromatic rings. The first-order valence-electron chi connectivity index (χ1n) is 5.92. The first-order valence-corrected chi connectivity index (χ1v) is 6.30. The molecule has 1 rings (SSSR count). The highest BCUT2D eigenvalue weighted by Crippen LogP contribution is 2.22. The van der Waals surface area contributed by atoms with Crippen molar-refractivity contribution in [2.75, 3.05) is 13.1 Å². The van der Waals surface area contributed by atoms with E-state index in [1.54, 1.807) is 6.07 Å². The lowest BCUT2D eigenvalue weighted by atomic mass is 9.95. The maximum atomic E-state index is 12.0. The minimum Gasteiger partial charge on any atom is -0.356 e. The van der Waals surface area contributed by atoms with Gasteiger partial charge in [0.25, 0.3) is 0 Å². The molecule has 17 heavy (non-hydrogen) atoms. The molecule has 4 heteroatoms. The van der Waals surface area contributed by atoms with Crippen LogP contribution >= 0.6 is 11.6 Å². The van der Waals surface area contributed by atoms with Crippen LogP contribution in [0.2, 0.25) is 5.02 Å². The van der Waals surface area contributed by atoms with E-state index in [9.17, 15) is 4.79 Å². The number of halogens is 1. The van der Waals surface area contributed by atoms with Gasteiger partial charge >= 0.3 is 0 Å².